The van der Waals surface area contributed by atoms with Crippen LogP contribution in [0.3, 0.4) is 0 Å². The van der Waals surface area contributed by atoms with Gasteiger partial charge in [-0.15, -0.1) is 0 Å². The lowest BCUT2D eigenvalue weighted by molar-refractivity contribution is -0.148. The van der Waals surface area contributed by atoms with Gasteiger partial charge in [-0.05, 0) is 13.8 Å². The molecule has 0 radical (unpaired) electrons. The molecule has 0 aliphatic rings. The van der Waals surface area contributed by atoms with E-state index < -0.39 is 11.9 Å². The minimum atomic E-state index is -0.601. The summed E-state index contributed by atoms with van der Waals surface area (Å²) in [6.45, 7) is 18.8. The van der Waals surface area contributed by atoms with Gasteiger partial charge in [0, 0.05) is 0 Å². The maximum absolute atomic E-state index is 11.6. The Labute approximate surface area is 143 Å². The summed E-state index contributed by atoms with van der Waals surface area (Å²) < 4.78 is 20.2. The van der Waals surface area contributed by atoms with Crippen LogP contribution in [-0.2, 0) is 28.5 Å². The molecule has 0 spiro atoms. The Morgan fingerprint density at radius 1 is 0.667 bits per heavy atom. The third-order valence-electron chi connectivity index (χ3n) is 2.38. The van der Waals surface area contributed by atoms with E-state index in [0.717, 1.165) is 11.1 Å². The van der Waals surface area contributed by atoms with E-state index in [1.807, 2.05) is 13.8 Å². The fourth-order valence-corrected chi connectivity index (χ4v) is 1.29. The standard InChI is InChI=1S/C18H26O6/c1-13(2)9-21-11-15(5)17(19)23-7-8-24-18(20)16(6)12-22-10-14(3)4/h1,3,5-12H2,2,4H3. The molecule has 24 heavy (non-hydrogen) atoms. The molecule has 0 rings (SSSR count). The third-order valence-corrected chi connectivity index (χ3v) is 2.38. The lowest BCUT2D eigenvalue weighted by Crippen LogP contribution is -2.18. The SMILES string of the molecule is C=C(C)COCC(=C)C(=O)OCCOC(=O)C(=C)COCC(=C)C. The van der Waals surface area contributed by atoms with Crippen molar-refractivity contribution in [2.24, 2.45) is 0 Å². The van der Waals surface area contributed by atoms with E-state index >= 15 is 0 Å². The quantitative estimate of drug-likeness (QED) is 0.222. The normalized spacial score (nSPS) is 9.92. The van der Waals surface area contributed by atoms with E-state index in [-0.39, 0.29) is 37.6 Å². The number of rotatable bonds is 13. The van der Waals surface area contributed by atoms with Crippen molar-refractivity contribution in [3.8, 4) is 0 Å². The maximum atomic E-state index is 11.6. The molecule has 0 N–H and O–H groups in total. The van der Waals surface area contributed by atoms with Crippen molar-refractivity contribution >= 4 is 11.9 Å². The number of carbonyl (C=O) groups is 2. The van der Waals surface area contributed by atoms with Crippen LogP contribution in [0.5, 0.6) is 0 Å². The average molecular weight is 338 g/mol. The van der Waals surface area contributed by atoms with Crippen molar-refractivity contribution in [2.75, 3.05) is 39.6 Å². The van der Waals surface area contributed by atoms with Gasteiger partial charge in [0.25, 0.3) is 0 Å². The summed E-state index contributed by atoms with van der Waals surface area (Å²) in [5, 5.41) is 0. The van der Waals surface area contributed by atoms with Gasteiger partial charge < -0.3 is 18.9 Å². The molecule has 6 heteroatoms. The molecule has 0 saturated heterocycles. The number of carbonyl (C=O) groups excluding carboxylic acids is 2. The lowest BCUT2D eigenvalue weighted by Gasteiger charge is -2.10. The van der Waals surface area contributed by atoms with E-state index in [2.05, 4.69) is 26.3 Å². The van der Waals surface area contributed by atoms with Gasteiger partial charge in [0.1, 0.15) is 13.2 Å². The first-order chi connectivity index (χ1) is 11.2. The molecule has 0 heterocycles. The predicted octanol–water partition coefficient (Wildman–Crippen LogP) is 2.37. The second-order valence-corrected chi connectivity index (χ2v) is 5.38. The van der Waals surface area contributed by atoms with Gasteiger partial charge in [0.15, 0.2) is 0 Å². The highest BCUT2D eigenvalue weighted by Gasteiger charge is 2.11. The fourth-order valence-electron chi connectivity index (χ4n) is 1.29. The Balaban J connectivity index is 3.83. The Morgan fingerprint density at radius 3 is 1.29 bits per heavy atom. The van der Waals surface area contributed by atoms with Crippen molar-refractivity contribution in [2.45, 2.75) is 13.8 Å². The second-order valence-electron chi connectivity index (χ2n) is 5.38. The number of hydrogen-bond donors (Lipinski definition) is 0. The summed E-state index contributed by atoms with van der Waals surface area (Å²) in [6, 6.07) is 0. The molecule has 0 fully saturated rings. The van der Waals surface area contributed by atoms with Crippen molar-refractivity contribution in [3.63, 3.8) is 0 Å². The van der Waals surface area contributed by atoms with Crippen molar-refractivity contribution in [1.29, 1.82) is 0 Å². The molecule has 0 amide bonds. The summed E-state index contributed by atoms with van der Waals surface area (Å²) in [6.07, 6.45) is 0. The maximum Gasteiger partial charge on any atom is 0.335 e. The molecule has 134 valence electrons. The van der Waals surface area contributed by atoms with Crippen molar-refractivity contribution < 1.29 is 28.5 Å². The van der Waals surface area contributed by atoms with Crippen LogP contribution in [0.4, 0.5) is 0 Å². The molecule has 0 aliphatic carbocycles. The topological polar surface area (TPSA) is 71.1 Å². The van der Waals surface area contributed by atoms with E-state index in [1.54, 1.807) is 0 Å². The van der Waals surface area contributed by atoms with Crippen molar-refractivity contribution in [1.82, 2.24) is 0 Å². The summed E-state index contributed by atoms with van der Waals surface area (Å²) in [4.78, 5) is 23.2. The van der Waals surface area contributed by atoms with Crippen LogP contribution in [0.25, 0.3) is 0 Å². The molecule has 0 aromatic heterocycles. The van der Waals surface area contributed by atoms with Gasteiger partial charge in [-0.2, -0.15) is 0 Å². The molecule has 0 aromatic rings. The third kappa shape index (κ3) is 11.4. The number of esters is 2. The smallest absolute Gasteiger partial charge is 0.335 e. The predicted molar refractivity (Wildman–Crippen MR) is 91.5 cm³/mol. The minimum absolute atomic E-state index is 0.0579. The largest absolute Gasteiger partial charge is 0.459 e. The molecule has 0 aromatic carbocycles. The van der Waals surface area contributed by atoms with Crippen LogP contribution >= 0.6 is 0 Å². The number of hydrogen-bond acceptors (Lipinski definition) is 6. The molecule has 0 bridgehead atoms. The van der Waals surface area contributed by atoms with Gasteiger partial charge in [-0.3, -0.25) is 0 Å². The highest BCUT2D eigenvalue weighted by molar-refractivity contribution is 5.88. The fraction of sp³-hybridized carbons (Fsp3) is 0.444. The summed E-state index contributed by atoms with van der Waals surface area (Å²) in [7, 11) is 0. The Kier molecular flexibility index (Phi) is 11.2. The molecular formula is C18H26O6. The lowest BCUT2D eigenvalue weighted by atomic mass is 10.3. The summed E-state index contributed by atoms with van der Waals surface area (Å²) in [5.74, 6) is -1.20. The van der Waals surface area contributed by atoms with E-state index in [0.29, 0.717) is 13.2 Å². The second kappa shape index (κ2) is 12.3. The highest BCUT2D eigenvalue weighted by atomic mass is 16.6. The van der Waals surface area contributed by atoms with Crippen LogP contribution < -0.4 is 0 Å². The zero-order valence-corrected chi connectivity index (χ0v) is 14.5. The summed E-state index contributed by atoms with van der Waals surface area (Å²) >= 11 is 0. The Hall–Kier alpha value is -2.18. The van der Waals surface area contributed by atoms with E-state index in [1.165, 1.54) is 0 Å². The monoisotopic (exact) mass is 338 g/mol. The first-order valence-electron chi connectivity index (χ1n) is 7.38. The molecule has 6 nitrogen and oxygen atoms in total. The Bertz CT molecular complexity index is 458. The van der Waals surface area contributed by atoms with Crippen LogP contribution in [0.1, 0.15) is 13.8 Å². The van der Waals surface area contributed by atoms with Crippen LogP contribution in [0.2, 0.25) is 0 Å². The van der Waals surface area contributed by atoms with Crippen LogP contribution in [0, 0.1) is 0 Å². The Morgan fingerprint density at radius 2 is 1.00 bits per heavy atom. The zero-order valence-electron chi connectivity index (χ0n) is 14.5. The first kappa shape index (κ1) is 21.8. The molecule has 0 saturated carbocycles. The highest BCUT2D eigenvalue weighted by Crippen LogP contribution is 2.00. The van der Waals surface area contributed by atoms with Gasteiger partial charge in [-0.25, -0.2) is 9.59 Å². The molecule has 0 atom stereocenters. The first-order valence-corrected chi connectivity index (χ1v) is 7.38. The van der Waals surface area contributed by atoms with Gasteiger partial charge in [-0.1, -0.05) is 37.5 Å². The minimum Gasteiger partial charge on any atom is -0.459 e. The van der Waals surface area contributed by atoms with Gasteiger partial charge >= 0.3 is 11.9 Å². The van der Waals surface area contributed by atoms with Crippen LogP contribution in [0.15, 0.2) is 48.6 Å². The summed E-state index contributed by atoms with van der Waals surface area (Å²) in [5.41, 5.74) is 2.05. The van der Waals surface area contributed by atoms with E-state index in [9.17, 15) is 9.59 Å². The molecule has 0 unspecified atom stereocenters. The number of ether oxygens (including phenoxy) is 4. The van der Waals surface area contributed by atoms with Gasteiger partial charge in [0.2, 0.25) is 0 Å². The van der Waals surface area contributed by atoms with Crippen molar-refractivity contribution in [3.05, 3.63) is 48.6 Å². The molecular weight excluding hydrogens is 312 g/mol. The van der Waals surface area contributed by atoms with E-state index in [4.69, 9.17) is 18.9 Å². The molecule has 0 aliphatic heterocycles. The van der Waals surface area contributed by atoms with Gasteiger partial charge in [0.05, 0.1) is 37.6 Å². The average Bonchev–Trinajstić information content (AvgIpc) is 2.49. The van der Waals surface area contributed by atoms with Crippen LogP contribution in [-0.4, -0.2) is 51.6 Å². The zero-order chi connectivity index (χ0) is 18.5.